The van der Waals surface area contributed by atoms with Gasteiger partial charge in [0.05, 0.1) is 5.52 Å². The Hall–Kier alpha value is -5.16. The van der Waals surface area contributed by atoms with Gasteiger partial charge in [0.2, 0.25) is 0 Å². The largest absolute Gasteiger partial charge is 0.294 e. The number of para-hydroxylation sites is 1. The molecule has 3 heterocycles. The van der Waals surface area contributed by atoms with Crippen LogP contribution < -0.4 is 0 Å². The molecule has 0 amide bonds. The first kappa shape index (κ1) is 21.1. The highest BCUT2D eigenvalue weighted by molar-refractivity contribution is 6.07. The molecule has 0 saturated carbocycles. The summed E-state index contributed by atoms with van der Waals surface area (Å²) >= 11 is 0. The van der Waals surface area contributed by atoms with Crippen molar-refractivity contribution in [1.82, 2.24) is 24.5 Å². The zero-order valence-corrected chi connectivity index (χ0v) is 19.9. The molecule has 0 bridgehead atoms. The third-order valence-electron chi connectivity index (χ3n) is 6.50. The van der Waals surface area contributed by atoms with Gasteiger partial charge in [-0.3, -0.25) is 4.57 Å². The van der Waals surface area contributed by atoms with Gasteiger partial charge in [-0.1, -0.05) is 91.0 Å². The third-order valence-corrected chi connectivity index (χ3v) is 6.50. The number of aromatic nitrogens is 5. The van der Waals surface area contributed by atoms with E-state index in [1.807, 2.05) is 85.1 Å². The predicted molar refractivity (Wildman–Crippen MR) is 148 cm³/mol. The average Bonchev–Trinajstić information content (AvgIpc) is 3.32. The number of benzene rings is 4. The van der Waals surface area contributed by atoms with Crippen LogP contribution in [0, 0.1) is 0 Å². The molecule has 7 aromatic rings. The monoisotopic (exact) mass is 475 g/mol. The van der Waals surface area contributed by atoms with E-state index >= 15 is 0 Å². The topological polar surface area (TPSA) is 56.5 Å². The lowest BCUT2D eigenvalue weighted by Crippen LogP contribution is -2.01. The van der Waals surface area contributed by atoms with Gasteiger partial charge in [-0.25, -0.2) is 19.9 Å². The van der Waals surface area contributed by atoms with Crippen LogP contribution in [0.1, 0.15) is 0 Å². The van der Waals surface area contributed by atoms with Crippen molar-refractivity contribution in [3.8, 4) is 39.9 Å². The first-order valence-corrected chi connectivity index (χ1v) is 12.2. The average molecular weight is 476 g/mol. The van der Waals surface area contributed by atoms with Gasteiger partial charge in [0.1, 0.15) is 5.65 Å². The predicted octanol–water partition coefficient (Wildman–Crippen LogP) is 7.36. The lowest BCUT2D eigenvalue weighted by Gasteiger charge is -2.11. The quantitative estimate of drug-likeness (QED) is 0.267. The van der Waals surface area contributed by atoms with E-state index in [9.17, 15) is 0 Å². The molecule has 0 aliphatic carbocycles. The highest BCUT2D eigenvalue weighted by Crippen LogP contribution is 2.32. The van der Waals surface area contributed by atoms with Crippen molar-refractivity contribution in [2.75, 3.05) is 0 Å². The SMILES string of the molecule is c1ccc(-c2nc(-c3ccccc3)nc(-c3cccc(-n4c5ccccc5c5cccnc54)c3)n2)cc1. The van der Waals surface area contributed by atoms with E-state index in [0.717, 1.165) is 38.9 Å². The number of hydrogen-bond donors (Lipinski definition) is 0. The van der Waals surface area contributed by atoms with Crippen molar-refractivity contribution in [2.24, 2.45) is 0 Å². The van der Waals surface area contributed by atoms with E-state index in [1.54, 1.807) is 0 Å². The number of rotatable bonds is 4. The van der Waals surface area contributed by atoms with Crippen molar-refractivity contribution in [3.63, 3.8) is 0 Å². The Morgan fingerprint density at radius 3 is 1.73 bits per heavy atom. The van der Waals surface area contributed by atoms with Crippen molar-refractivity contribution in [3.05, 3.63) is 128 Å². The summed E-state index contributed by atoms with van der Waals surface area (Å²) in [5.74, 6) is 1.92. The summed E-state index contributed by atoms with van der Waals surface area (Å²) in [7, 11) is 0. The van der Waals surface area contributed by atoms with Crippen molar-refractivity contribution >= 4 is 21.9 Å². The van der Waals surface area contributed by atoms with Gasteiger partial charge < -0.3 is 0 Å². The van der Waals surface area contributed by atoms with Crippen molar-refractivity contribution < 1.29 is 0 Å². The standard InChI is InChI=1S/C32H21N5/c1-3-11-22(12-4-1)29-34-30(23-13-5-2-6-14-23)36-31(35-29)24-15-9-16-25(21-24)37-28-19-8-7-17-26(28)27-18-10-20-33-32(27)37/h1-21H. The molecule has 0 unspecified atom stereocenters. The molecular formula is C32H21N5. The molecule has 5 nitrogen and oxygen atoms in total. The summed E-state index contributed by atoms with van der Waals surface area (Å²) in [6, 6.07) is 40.9. The number of fused-ring (bicyclic) bond motifs is 3. The van der Waals surface area contributed by atoms with Crippen molar-refractivity contribution in [2.45, 2.75) is 0 Å². The minimum Gasteiger partial charge on any atom is -0.294 e. The number of nitrogens with zero attached hydrogens (tertiary/aromatic N) is 5. The molecule has 4 aromatic carbocycles. The summed E-state index contributed by atoms with van der Waals surface area (Å²) in [5.41, 5.74) is 5.85. The van der Waals surface area contributed by atoms with Crippen LogP contribution in [0.4, 0.5) is 0 Å². The van der Waals surface area contributed by atoms with E-state index in [1.165, 1.54) is 5.39 Å². The molecule has 0 fully saturated rings. The van der Waals surface area contributed by atoms with Crippen LogP contribution in [0.25, 0.3) is 61.8 Å². The van der Waals surface area contributed by atoms with E-state index in [4.69, 9.17) is 19.9 Å². The molecule has 0 N–H and O–H groups in total. The second-order valence-electron chi connectivity index (χ2n) is 8.82. The molecule has 5 heteroatoms. The number of pyridine rings is 1. The molecule has 0 saturated heterocycles. The minimum atomic E-state index is 0.628. The molecule has 0 radical (unpaired) electrons. The smallest absolute Gasteiger partial charge is 0.164 e. The molecule has 3 aromatic heterocycles. The molecular weight excluding hydrogens is 454 g/mol. The van der Waals surface area contributed by atoms with Crippen LogP contribution in [0.15, 0.2) is 128 Å². The molecule has 174 valence electrons. The van der Waals surface area contributed by atoms with E-state index in [-0.39, 0.29) is 0 Å². The lowest BCUT2D eigenvalue weighted by molar-refractivity contribution is 1.07. The molecule has 7 rings (SSSR count). The Balaban J connectivity index is 1.44. The Kier molecular flexibility index (Phi) is 5.03. The summed E-state index contributed by atoms with van der Waals surface area (Å²) in [5, 5.41) is 2.30. The van der Waals surface area contributed by atoms with Crippen LogP contribution in [-0.4, -0.2) is 24.5 Å². The van der Waals surface area contributed by atoms with Gasteiger partial charge in [0.25, 0.3) is 0 Å². The van der Waals surface area contributed by atoms with Gasteiger partial charge in [-0.15, -0.1) is 0 Å². The number of hydrogen-bond acceptors (Lipinski definition) is 4. The zero-order chi connectivity index (χ0) is 24.6. The fourth-order valence-electron chi connectivity index (χ4n) is 4.78. The second kappa shape index (κ2) is 8.81. The van der Waals surface area contributed by atoms with E-state index in [0.29, 0.717) is 17.5 Å². The van der Waals surface area contributed by atoms with Crippen LogP contribution in [-0.2, 0) is 0 Å². The Morgan fingerprint density at radius 1 is 0.459 bits per heavy atom. The van der Waals surface area contributed by atoms with Gasteiger partial charge >= 0.3 is 0 Å². The molecule has 37 heavy (non-hydrogen) atoms. The summed E-state index contributed by atoms with van der Waals surface area (Å²) in [6.07, 6.45) is 1.84. The maximum absolute atomic E-state index is 4.90. The normalized spacial score (nSPS) is 11.2. The summed E-state index contributed by atoms with van der Waals surface area (Å²) < 4.78 is 2.20. The maximum atomic E-state index is 4.90. The highest BCUT2D eigenvalue weighted by atomic mass is 15.1. The Morgan fingerprint density at radius 2 is 1.03 bits per heavy atom. The van der Waals surface area contributed by atoms with Crippen LogP contribution in [0.2, 0.25) is 0 Å². The lowest BCUT2D eigenvalue weighted by atomic mass is 10.1. The molecule has 0 spiro atoms. The Labute approximate surface area is 213 Å². The van der Waals surface area contributed by atoms with Crippen LogP contribution in [0.5, 0.6) is 0 Å². The zero-order valence-electron chi connectivity index (χ0n) is 19.9. The minimum absolute atomic E-state index is 0.628. The fourth-order valence-corrected chi connectivity index (χ4v) is 4.78. The van der Waals surface area contributed by atoms with Gasteiger partial charge in [-0.2, -0.15) is 0 Å². The summed E-state index contributed by atoms with van der Waals surface area (Å²) in [4.78, 5) is 19.3. The second-order valence-corrected chi connectivity index (χ2v) is 8.82. The van der Waals surface area contributed by atoms with E-state index < -0.39 is 0 Å². The Bertz CT molecular complexity index is 1760. The highest BCUT2D eigenvalue weighted by Gasteiger charge is 2.15. The first-order valence-electron chi connectivity index (χ1n) is 12.2. The molecule has 0 aliphatic rings. The van der Waals surface area contributed by atoms with Crippen molar-refractivity contribution in [1.29, 1.82) is 0 Å². The van der Waals surface area contributed by atoms with Crippen LogP contribution in [0.3, 0.4) is 0 Å². The first-order chi connectivity index (χ1) is 18.3. The van der Waals surface area contributed by atoms with E-state index in [2.05, 4.69) is 47.0 Å². The van der Waals surface area contributed by atoms with Gasteiger partial charge in [0, 0.05) is 39.3 Å². The van der Waals surface area contributed by atoms with Gasteiger partial charge in [-0.05, 0) is 30.3 Å². The maximum Gasteiger partial charge on any atom is 0.164 e. The van der Waals surface area contributed by atoms with Gasteiger partial charge in [0.15, 0.2) is 17.5 Å². The third kappa shape index (κ3) is 3.74. The molecule has 0 atom stereocenters. The fraction of sp³-hybridized carbons (Fsp3) is 0. The summed E-state index contributed by atoms with van der Waals surface area (Å²) in [6.45, 7) is 0. The molecule has 0 aliphatic heterocycles. The van der Waals surface area contributed by atoms with Crippen LogP contribution >= 0.6 is 0 Å².